The number of hydrogen-bond donors (Lipinski definition) is 0. The highest BCUT2D eigenvalue weighted by Crippen LogP contribution is 2.26. The Bertz CT molecular complexity index is 650. The van der Waals surface area contributed by atoms with Crippen LogP contribution < -0.4 is 0 Å². The molecule has 0 fully saturated rings. The molecular formula is C11H6BrN3S. The van der Waals surface area contributed by atoms with Gasteiger partial charge >= 0.3 is 0 Å². The van der Waals surface area contributed by atoms with Crippen molar-refractivity contribution in [2.45, 2.75) is 0 Å². The van der Waals surface area contributed by atoms with Crippen LogP contribution in [0, 0.1) is 0 Å². The molecule has 0 radical (unpaired) electrons. The zero-order valence-electron chi connectivity index (χ0n) is 8.09. The fourth-order valence-electron chi connectivity index (χ4n) is 1.49. The minimum atomic E-state index is 0.775. The van der Waals surface area contributed by atoms with Crippen LogP contribution in [0.3, 0.4) is 0 Å². The van der Waals surface area contributed by atoms with Crippen molar-refractivity contribution in [1.82, 2.24) is 15.2 Å². The van der Waals surface area contributed by atoms with E-state index in [1.807, 2.05) is 36.4 Å². The van der Waals surface area contributed by atoms with Crippen LogP contribution in [-0.4, -0.2) is 15.2 Å². The van der Waals surface area contributed by atoms with Gasteiger partial charge < -0.3 is 0 Å². The first-order valence-corrected chi connectivity index (χ1v) is 6.29. The van der Waals surface area contributed by atoms with Gasteiger partial charge in [0.25, 0.3) is 0 Å². The highest BCUT2D eigenvalue weighted by atomic mass is 79.9. The second-order valence-electron chi connectivity index (χ2n) is 3.25. The molecule has 3 aromatic rings. The second-order valence-corrected chi connectivity index (χ2v) is 5.50. The largest absolute Gasteiger partial charge is 0.245 e. The Morgan fingerprint density at radius 1 is 1.00 bits per heavy atom. The van der Waals surface area contributed by atoms with Gasteiger partial charge in [0, 0.05) is 5.39 Å². The fourth-order valence-corrected chi connectivity index (χ4v) is 2.57. The van der Waals surface area contributed by atoms with Gasteiger partial charge in [0.1, 0.15) is 5.69 Å². The Kier molecular flexibility index (Phi) is 2.41. The topological polar surface area (TPSA) is 38.7 Å². The average Bonchev–Trinajstić information content (AvgIpc) is 2.75. The molecule has 0 amide bonds. The van der Waals surface area contributed by atoms with E-state index in [0.29, 0.717) is 0 Å². The molecule has 78 valence electrons. The molecule has 16 heavy (non-hydrogen) atoms. The third kappa shape index (κ3) is 1.72. The molecular weight excluding hydrogens is 286 g/mol. The van der Waals surface area contributed by atoms with E-state index in [2.05, 4.69) is 31.1 Å². The molecule has 0 saturated carbocycles. The molecule has 0 aliphatic heterocycles. The van der Waals surface area contributed by atoms with Gasteiger partial charge in [0.15, 0.2) is 8.92 Å². The molecule has 3 nitrogen and oxygen atoms in total. The van der Waals surface area contributed by atoms with Gasteiger partial charge in [-0.1, -0.05) is 35.6 Å². The summed E-state index contributed by atoms with van der Waals surface area (Å²) < 4.78 is 0.775. The van der Waals surface area contributed by atoms with Crippen molar-refractivity contribution in [3.63, 3.8) is 0 Å². The summed E-state index contributed by atoms with van der Waals surface area (Å²) in [7, 11) is 0. The van der Waals surface area contributed by atoms with Gasteiger partial charge in [0.05, 0.1) is 5.52 Å². The number of halogens is 1. The van der Waals surface area contributed by atoms with Crippen molar-refractivity contribution in [1.29, 1.82) is 0 Å². The number of pyridine rings is 1. The standard InChI is InChI=1S/C11H6BrN3S/c12-11-15-14-10(16-11)9-6-5-7-3-1-2-4-8(7)13-9/h1-6H. The molecule has 0 atom stereocenters. The third-order valence-electron chi connectivity index (χ3n) is 2.22. The summed E-state index contributed by atoms with van der Waals surface area (Å²) in [6.07, 6.45) is 0. The monoisotopic (exact) mass is 291 g/mol. The van der Waals surface area contributed by atoms with E-state index in [0.717, 1.165) is 25.5 Å². The molecule has 3 rings (SSSR count). The molecule has 0 aliphatic carbocycles. The van der Waals surface area contributed by atoms with Crippen molar-refractivity contribution in [3.8, 4) is 10.7 Å². The number of para-hydroxylation sites is 1. The minimum Gasteiger partial charge on any atom is -0.245 e. The highest BCUT2D eigenvalue weighted by molar-refractivity contribution is 9.11. The van der Waals surface area contributed by atoms with Crippen molar-refractivity contribution in [3.05, 3.63) is 40.3 Å². The van der Waals surface area contributed by atoms with E-state index in [4.69, 9.17) is 0 Å². The van der Waals surface area contributed by atoms with E-state index >= 15 is 0 Å². The number of fused-ring (bicyclic) bond motifs is 1. The molecule has 0 aliphatic rings. The van der Waals surface area contributed by atoms with Crippen LogP contribution in [0.25, 0.3) is 21.6 Å². The number of benzene rings is 1. The molecule has 2 heterocycles. The van der Waals surface area contributed by atoms with Crippen LogP contribution in [0.15, 0.2) is 40.3 Å². The van der Waals surface area contributed by atoms with Gasteiger partial charge in [-0.15, -0.1) is 10.2 Å². The van der Waals surface area contributed by atoms with Gasteiger partial charge in [-0.05, 0) is 28.1 Å². The second kappa shape index (κ2) is 3.92. The number of aromatic nitrogens is 3. The Labute approximate surface area is 104 Å². The van der Waals surface area contributed by atoms with Gasteiger partial charge in [-0.25, -0.2) is 4.98 Å². The first-order valence-electron chi connectivity index (χ1n) is 4.68. The Balaban J connectivity index is 2.18. The van der Waals surface area contributed by atoms with Crippen LogP contribution in [0.1, 0.15) is 0 Å². The lowest BCUT2D eigenvalue weighted by Crippen LogP contribution is -1.84. The molecule has 0 bridgehead atoms. The summed E-state index contributed by atoms with van der Waals surface area (Å²) in [5.41, 5.74) is 1.84. The Morgan fingerprint density at radius 2 is 1.88 bits per heavy atom. The lowest BCUT2D eigenvalue weighted by atomic mass is 10.2. The number of rotatable bonds is 1. The third-order valence-corrected chi connectivity index (χ3v) is 3.60. The predicted molar refractivity (Wildman–Crippen MR) is 68.3 cm³/mol. The maximum Gasteiger partial charge on any atom is 0.183 e. The SMILES string of the molecule is Brc1nnc(-c2ccc3ccccc3n2)s1. The van der Waals surface area contributed by atoms with Crippen molar-refractivity contribution >= 4 is 38.2 Å². The zero-order chi connectivity index (χ0) is 11.0. The van der Waals surface area contributed by atoms with Crippen molar-refractivity contribution in [2.75, 3.05) is 0 Å². The van der Waals surface area contributed by atoms with E-state index in [1.54, 1.807) is 0 Å². The molecule has 2 aromatic heterocycles. The summed E-state index contributed by atoms with van der Waals surface area (Å²) in [6.45, 7) is 0. The maximum absolute atomic E-state index is 4.55. The normalized spacial score (nSPS) is 10.8. The summed E-state index contributed by atoms with van der Waals surface area (Å²) >= 11 is 4.78. The molecule has 0 N–H and O–H groups in total. The highest BCUT2D eigenvalue weighted by Gasteiger charge is 2.06. The van der Waals surface area contributed by atoms with Crippen LogP contribution >= 0.6 is 27.3 Å². The van der Waals surface area contributed by atoms with Crippen molar-refractivity contribution in [2.24, 2.45) is 0 Å². The van der Waals surface area contributed by atoms with E-state index in [1.165, 1.54) is 11.3 Å². The molecule has 0 spiro atoms. The van der Waals surface area contributed by atoms with E-state index in [-0.39, 0.29) is 0 Å². The first-order chi connectivity index (χ1) is 7.83. The van der Waals surface area contributed by atoms with Crippen LogP contribution in [0.2, 0.25) is 0 Å². The number of hydrogen-bond acceptors (Lipinski definition) is 4. The first kappa shape index (κ1) is 9.86. The van der Waals surface area contributed by atoms with Gasteiger partial charge in [0.2, 0.25) is 0 Å². The lowest BCUT2D eigenvalue weighted by molar-refractivity contribution is 1.07. The molecule has 0 unspecified atom stereocenters. The van der Waals surface area contributed by atoms with Gasteiger partial charge in [-0.3, -0.25) is 0 Å². The summed E-state index contributed by atoms with van der Waals surface area (Å²) in [4.78, 5) is 4.55. The zero-order valence-corrected chi connectivity index (χ0v) is 10.5. The summed E-state index contributed by atoms with van der Waals surface area (Å²) in [5, 5.41) is 9.94. The average molecular weight is 292 g/mol. The Hall–Kier alpha value is -1.33. The molecule has 1 aromatic carbocycles. The quantitative estimate of drug-likeness (QED) is 0.689. The van der Waals surface area contributed by atoms with Crippen LogP contribution in [0.4, 0.5) is 0 Å². The minimum absolute atomic E-state index is 0.775. The predicted octanol–water partition coefficient (Wildman–Crippen LogP) is 3.52. The van der Waals surface area contributed by atoms with Crippen LogP contribution in [0.5, 0.6) is 0 Å². The van der Waals surface area contributed by atoms with Crippen molar-refractivity contribution < 1.29 is 0 Å². The Morgan fingerprint density at radius 3 is 2.69 bits per heavy atom. The molecule has 5 heteroatoms. The fraction of sp³-hybridized carbons (Fsp3) is 0. The lowest BCUT2D eigenvalue weighted by Gasteiger charge is -1.98. The maximum atomic E-state index is 4.55. The smallest absolute Gasteiger partial charge is 0.183 e. The molecule has 0 saturated heterocycles. The summed E-state index contributed by atoms with van der Waals surface area (Å²) in [6, 6.07) is 12.0. The van der Waals surface area contributed by atoms with E-state index in [9.17, 15) is 0 Å². The number of nitrogens with zero attached hydrogens (tertiary/aromatic N) is 3. The summed E-state index contributed by atoms with van der Waals surface area (Å²) in [5.74, 6) is 0. The van der Waals surface area contributed by atoms with Gasteiger partial charge in [-0.2, -0.15) is 0 Å². The van der Waals surface area contributed by atoms with E-state index < -0.39 is 0 Å². The van der Waals surface area contributed by atoms with Crippen LogP contribution in [-0.2, 0) is 0 Å².